The van der Waals surface area contributed by atoms with Gasteiger partial charge in [-0.15, -0.1) is 0 Å². The number of rotatable bonds is 5. The van der Waals surface area contributed by atoms with Gasteiger partial charge in [0.15, 0.2) is 0 Å². The van der Waals surface area contributed by atoms with E-state index in [-0.39, 0.29) is 0 Å². The van der Waals surface area contributed by atoms with Crippen LogP contribution in [0.25, 0.3) is 6.08 Å². The Bertz CT molecular complexity index is 265. The van der Waals surface area contributed by atoms with Crippen LogP contribution in [0.5, 0.6) is 0 Å². The summed E-state index contributed by atoms with van der Waals surface area (Å²) in [6.45, 7) is 8.05. The average molecular weight is 216 g/mol. The van der Waals surface area contributed by atoms with Gasteiger partial charge in [0.1, 0.15) is 0 Å². The summed E-state index contributed by atoms with van der Waals surface area (Å²) in [5.74, 6) is 0. The van der Waals surface area contributed by atoms with E-state index in [1.54, 1.807) is 6.08 Å². The highest BCUT2D eigenvalue weighted by Crippen LogP contribution is 2.00. The Labute approximate surface area is 101 Å². The van der Waals surface area contributed by atoms with E-state index in [9.17, 15) is 0 Å². The second-order valence-corrected chi connectivity index (χ2v) is 3.71. The van der Waals surface area contributed by atoms with Crippen LogP contribution in [0.3, 0.4) is 0 Å². The molecule has 0 bridgehead atoms. The highest BCUT2D eigenvalue weighted by molar-refractivity contribution is 5.50. The van der Waals surface area contributed by atoms with Crippen LogP contribution < -0.4 is 0 Å². The third-order valence-corrected chi connectivity index (χ3v) is 2.18. The Morgan fingerprint density at radius 1 is 1.00 bits per heavy atom. The minimum Gasteiger partial charge on any atom is -0.0991 e. The lowest BCUT2D eigenvalue weighted by atomic mass is 10.2. The minimum atomic E-state index is 1.21. The summed E-state index contributed by atoms with van der Waals surface area (Å²) < 4.78 is 0. The molecular formula is C16H24. The van der Waals surface area contributed by atoms with Crippen molar-refractivity contribution >= 4 is 6.08 Å². The lowest BCUT2D eigenvalue weighted by Gasteiger charge is -1.87. The molecule has 88 valence electrons. The Morgan fingerprint density at radius 2 is 1.56 bits per heavy atom. The van der Waals surface area contributed by atoms with E-state index < -0.39 is 0 Å². The molecule has 0 heterocycles. The van der Waals surface area contributed by atoms with Crippen LogP contribution in [-0.2, 0) is 0 Å². The zero-order valence-corrected chi connectivity index (χ0v) is 10.7. The number of benzene rings is 1. The smallest absolute Gasteiger partial charge is 0.0257 e. The largest absolute Gasteiger partial charge is 0.0991 e. The SMILES string of the molecule is C=CC=Cc1ccccc1.CCCCCC. The molecule has 0 saturated carbocycles. The van der Waals surface area contributed by atoms with Crippen LogP contribution in [0.4, 0.5) is 0 Å². The molecule has 1 aromatic rings. The van der Waals surface area contributed by atoms with E-state index in [1.165, 1.54) is 31.2 Å². The van der Waals surface area contributed by atoms with Crippen LogP contribution in [0, 0.1) is 0 Å². The molecule has 0 radical (unpaired) electrons. The van der Waals surface area contributed by atoms with Gasteiger partial charge < -0.3 is 0 Å². The van der Waals surface area contributed by atoms with E-state index in [2.05, 4.69) is 32.6 Å². The predicted octanol–water partition coefficient (Wildman–Crippen LogP) is 5.47. The summed E-state index contributed by atoms with van der Waals surface area (Å²) >= 11 is 0. The molecule has 0 atom stereocenters. The molecule has 0 fully saturated rings. The second-order valence-electron chi connectivity index (χ2n) is 3.71. The molecular weight excluding hydrogens is 192 g/mol. The van der Waals surface area contributed by atoms with Crippen molar-refractivity contribution in [1.29, 1.82) is 0 Å². The molecule has 0 aliphatic carbocycles. The molecule has 0 amide bonds. The first-order valence-corrected chi connectivity index (χ1v) is 6.19. The van der Waals surface area contributed by atoms with Crippen molar-refractivity contribution in [3.05, 3.63) is 54.6 Å². The quantitative estimate of drug-likeness (QED) is 0.452. The zero-order valence-electron chi connectivity index (χ0n) is 10.7. The standard InChI is InChI=1S/C10H10.C6H14/c1-2-3-7-10-8-5-4-6-9-10;1-3-5-6-4-2/h2-9H,1H2;3-6H2,1-2H3. The molecule has 1 aromatic carbocycles. The summed E-state index contributed by atoms with van der Waals surface area (Å²) in [4.78, 5) is 0. The lowest BCUT2D eigenvalue weighted by molar-refractivity contribution is 0.702. The van der Waals surface area contributed by atoms with Gasteiger partial charge in [0.2, 0.25) is 0 Å². The molecule has 0 N–H and O–H groups in total. The fourth-order valence-electron chi connectivity index (χ4n) is 1.24. The van der Waals surface area contributed by atoms with Crippen molar-refractivity contribution < 1.29 is 0 Å². The summed E-state index contributed by atoms with van der Waals surface area (Å²) in [5, 5.41) is 0. The second kappa shape index (κ2) is 11.8. The maximum Gasteiger partial charge on any atom is -0.0257 e. The molecule has 0 saturated heterocycles. The number of allylic oxidation sites excluding steroid dienone is 2. The molecule has 0 unspecified atom stereocenters. The Hall–Kier alpha value is -1.30. The molecule has 0 heteroatoms. The van der Waals surface area contributed by atoms with Crippen molar-refractivity contribution in [2.75, 3.05) is 0 Å². The Balaban J connectivity index is 0.000000325. The van der Waals surface area contributed by atoms with Crippen molar-refractivity contribution in [1.82, 2.24) is 0 Å². The minimum absolute atomic E-state index is 1.21. The summed E-state index contributed by atoms with van der Waals surface area (Å²) in [5.41, 5.74) is 1.21. The summed E-state index contributed by atoms with van der Waals surface area (Å²) in [6, 6.07) is 10.1. The monoisotopic (exact) mass is 216 g/mol. The first kappa shape index (κ1) is 14.7. The number of hydrogen-bond donors (Lipinski definition) is 0. The summed E-state index contributed by atoms with van der Waals surface area (Å²) in [6.07, 6.45) is 11.3. The highest BCUT2D eigenvalue weighted by Gasteiger charge is 1.78. The molecule has 0 aromatic heterocycles. The zero-order chi connectivity index (χ0) is 12.1. The molecule has 0 aliphatic heterocycles. The average Bonchev–Trinajstić information content (AvgIpc) is 2.36. The molecule has 0 aliphatic rings. The van der Waals surface area contributed by atoms with Gasteiger partial charge in [-0.2, -0.15) is 0 Å². The van der Waals surface area contributed by atoms with E-state index in [1.807, 2.05) is 30.4 Å². The topological polar surface area (TPSA) is 0 Å². The molecule has 0 spiro atoms. The highest BCUT2D eigenvalue weighted by atomic mass is 13.8. The Kier molecular flexibility index (Phi) is 10.8. The van der Waals surface area contributed by atoms with Gasteiger partial charge in [-0.25, -0.2) is 0 Å². The van der Waals surface area contributed by atoms with Crippen LogP contribution in [-0.4, -0.2) is 0 Å². The van der Waals surface area contributed by atoms with Gasteiger partial charge in [0, 0.05) is 0 Å². The predicted molar refractivity (Wildman–Crippen MR) is 75.5 cm³/mol. The van der Waals surface area contributed by atoms with E-state index in [0.717, 1.165) is 0 Å². The van der Waals surface area contributed by atoms with E-state index in [0.29, 0.717) is 0 Å². The van der Waals surface area contributed by atoms with Crippen LogP contribution in [0.1, 0.15) is 45.1 Å². The van der Waals surface area contributed by atoms with Crippen LogP contribution >= 0.6 is 0 Å². The maximum atomic E-state index is 3.59. The lowest BCUT2D eigenvalue weighted by Crippen LogP contribution is -1.66. The van der Waals surface area contributed by atoms with Gasteiger partial charge in [0.05, 0.1) is 0 Å². The van der Waals surface area contributed by atoms with Gasteiger partial charge >= 0.3 is 0 Å². The van der Waals surface area contributed by atoms with Gasteiger partial charge in [-0.1, -0.05) is 94.7 Å². The maximum absolute atomic E-state index is 3.59. The number of unbranched alkanes of at least 4 members (excludes halogenated alkanes) is 3. The number of hydrogen-bond acceptors (Lipinski definition) is 0. The third-order valence-electron chi connectivity index (χ3n) is 2.18. The van der Waals surface area contributed by atoms with Crippen molar-refractivity contribution in [2.45, 2.75) is 39.5 Å². The fraction of sp³-hybridized carbons (Fsp3) is 0.375. The van der Waals surface area contributed by atoms with E-state index in [4.69, 9.17) is 0 Å². The van der Waals surface area contributed by atoms with Crippen LogP contribution in [0.15, 0.2) is 49.1 Å². The molecule has 16 heavy (non-hydrogen) atoms. The first-order chi connectivity index (χ1) is 7.85. The van der Waals surface area contributed by atoms with Crippen molar-refractivity contribution in [3.63, 3.8) is 0 Å². The van der Waals surface area contributed by atoms with Crippen LogP contribution in [0.2, 0.25) is 0 Å². The normalized spacial score (nSPS) is 9.62. The van der Waals surface area contributed by atoms with Gasteiger partial charge in [-0.05, 0) is 5.56 Å². The molecule has 1 rings (SSSR count). The van der Waals surface area contributed by atoms with Gasteiger partial charge in [0.25, 0.3) is 0 Å². The first-order valence-electron chi connectivity index (χ1n) is 6.19. The van der Waals surface area contributed by atoms with Crippen molar-refractivity contribution in [3.8, 4) is 0 Å². The van der Waals surface area contributed by atoms with Crippen molar-refractivity contribution in [2.24, 2.45) is 0 Å². The van der Waals surface area contributed by atoms with Gasteiger partial charge in [-0.3, -0.25) is 0 Å². The summed E-state index contributed by atoms with van der Waals surface area (Å²) in [7, 11) is 0. The third kappa shape index (κ3) is 9.26. The molecule has 0 nitrogen and oxygen atoms in total. The fourth-order valence-corrected chi connectivity index (χ4v) is 1.24. The van der Waals surface area contributed by atoms with E-state index >= 15 is 0 Å². The Morgan fingerprint density at radius 3 is 2.00 bits per heavy atom.